The third kappa shape index (κ3) is 2.83. The summed E-state index contributed by atoms with van der Waals surface area (Å²) in [7, 11) is 0. The van der Waals surface area contributed by atoms with Gasteiger partial charge in [0.25, 0.3) is 0 Å². The van der Waals surface area contributed by atoms with Crippen LogP contribution >= 0.6 is 0 Å². The van der Waals surface area contributed by atoms with Gasteiger partial charge >= 0.3 is 0 Å². The van der Waals surface area contributed by atoms with Gasteiger partial charge in [-0.25, -0.2) is 4.98 Å². The van der Waals surface area contributed by atoms with E-state index in [-0.39, 0.29) is 5.82 Å². The molecule has 2 aromatic carbocycles. The molecule has 0 unspecified atom stereocenters. The van der Waals surface area contributed by atoms with E-state index in [1.165, 1.54) is 0 Å². The van der Waals surface area contributed by atoms with Gasteiger partial charge in [0, 0.05) is 5.56 Å². The smallest absolute Gasteiger partial charge is 0.152 e. The van der Waals surface area contributed by atoms with Crippen LogP contribution in [0.3, 0.4) is 0 Å². The molecule has 0 aliphatic rings. The summed E-state index contributed by atoms with van der Waals surface area (Å²) in [6.45, 7) is 0. The Hall–Kier alpha value is -3.84. The number of hydrogen-bond acceptors (Lipinski definition) is 4. The van der Waals surface area contributed by atoms with E-state index in [0.29, 0.717) is 17.0 Å². The van der Waals surface area contributed by atoms with Gasteiger partial charge in [0.2, 0.25) is 0 Å². The average molecular weight is 337 g/mol. The summed E-state index contributed by atoms with van der Waals surface area (Å²) in [5.41, 5.74) is 10.9. The number of hydrogen-bond donors (Lipinski definition) is 1. The van der Waals surface area contributed by atoms with Gasteiger partial charge in [0.15, 0.2) is 5.76 Å². The highest BCUT2D eigenvalue weighted by Gasteiger charge is 2.15. The second kappa shape index (κ2) is 6.58. The minimum atomic E-state index is 0.198. The first kappa shape index (κ1) is 15.7. The minimum Gasteiger partial charge on any atom is -0.463 e. The zero-order valence-corrected chi connectivity index (χ0v) is 13.9. The summed E-state index contributed by atoms with van der Waals surface area (Å²) in [6, 6.07) is 25.8. The summed E-state index contributed by atoms with van der Waals surface area (Å²) in [6.07, 6.45) is 1.59. The van der Waals surface area contributed by atoms with Crippen LogP contribution in [0, 0.1) is 11.3 Å². The minimum absolute atomic E-state index is 0.198. The Morgan fingerprint density at radius 3 is 2.19 bits per heavy atom. The van der Waals surface area contributed by atoms with E-state index in [1.54, 1.807) is 18.4 Å². The van der Waals surface area contributed by atoms with E-state index in [0.717, 1.165) is 22.3 Å². The van der Waals surface area contributed by atoms with Crippen molar-refractivity contribution in [1.29, 1.82) is 5.26 Å². The van der Waals surface area contributed by atoms with Gasteiger partial charge in [0.05, 0.1) is 11.8 Å². The lowest BCUT2D eigenvalue weighted by atomic mass is 9.97. The first-order chi connectivity index (χ1) is 12.8. The largest absolute Gasteiger partial charge is 0.463 e. The molecule has 0 aliphatic carbocycles. The molecule has 4 heteroatoms. The van der Waals surface area contributed by atoms with Crippen LogP contribution in [-0.4, -0.2) is 4.98 Å². The predicted octanol–water partition coefficient (Wildman–Crippen LogP) is 5.13. The number of anilines is 1. The van der Waals surface area contributed by atoms with Crippen molar-refractivity contribution in [2.45, 2.75) is 0 Å². The lowest BCUT2D eigenvalue weighted by molar-refractivity contribution is 0.580. The molecule has 4 aromatic rings. The van der Waals surface area contributed by atoms with Crippen LogP contribution in [-0.2, 0) is 0 Å². The van der Waals surface area contributed by atoms with Crippen LogP contribution in [0.5, 0.6) is 0 Å². The monoisotopic (exact) mass is 337 g/mol. The summed E-state index contributed by atoms with van der Waals surface area (Å²) < 4.78 is 5.50. The molecule has 0 atom stereocenters. The fraction of sp³-hybridized carbons (Fsp3) is 0. The zero-order valence-electron chi connectivity index (χ0n) is 13.9. The van der Waals surface area contributed by atoms with E-state index in [9.17, 15) is 5.26 Å². The highest BCUT2D eigenvalue weighted by molar-refractivity contribution is 5.82. The molecule has 0 amide bonds. The van der Waals surface area contributed by atoms with Crippen molar-refractivity contribution in [3.63, 3.8) is 0 Å². The van der Waals surface area contributed by atoms with Crippen molar-refractivity contribution in [2.75, 3.05) is 5.73 Å². The van der Waals surface area contributed by atoms with Crippen molar-refractivity contribution in [3.05, 3.63) is 84.6 Å². The molecule has 0 saturated heterocycles. The quantitative estimate of drug-likeness (QED) is 0.562. The first-order valence-corrected chi connectivity index (χ1v) is 8.16. The number of benzene rings is 2. The Bertz CT molecular complexity index is 1080. The lowest BCUT2D eigenvalue weighted by Gasteiger charge is -2.10. The number of aromatic nitrogens is 1. The number of rotatable bonds is 3. The topological polar surface area (TPSA) is 75.8 Å². The highest BCUT2D eigenvalue weighted by Crippen LogP contribution is 2.34. The predicted molar refractivity (Wildman–Crippen MR) is 102 cm³/mol. The van der Waals surface area contributed by atoms with E-state index < -0.39 is 0 Å². The van der Waals surface area contributed by atoms with Gasteiger partial charge in [-0.05, 0) is 34.9 Å². The van der Waals surface area contributed by atoms with E-state index in [2.05, 4.69) is 35.3 Å². The molecule has 0 saturated carbocycles. The SMILES string of the molecule is N#Cc1cc(-c2ccc(-c3ccccc3)cc2)c(-c2ccco2)nc1N. The van der Waals surface area contributed by atoms with Gasteiger partial charge in [-0.2, -0.15) is 5.26 Å². The summed E-state index contributed by atoms with van der Waals surface area (Å²) in [5.74, 6) is 0.812. The van der Waals surface area contributed by atoms with Crippen molar-refractivity contribution in [3.8, 4) is 39.8 Å². The summed E-state index contributed by atoms with van der Waals surface area (Å²) >= 11 is 0. The maximum Gasteiger partial charge on any atom is 0.152 e. The summed E-state index contributed by atoms with van der Waals surface area (Å²) in [4.78, 5) is 4.40. The van der Waals surface area contributed by atoms with Crippen molar-refractivity contribution in [2.24, 2.45) is 0 Å². The Balaban J connectivity index is 1.83. The molecule has 2 heterocycles. The fourth-order valence-electron chi connectivity index (χ4n) is 2.91. The maximum atomic E-state index is 9.31. The molecule has 0 fully saturated rings. The van der Waals surface area contributed by atoms with Gasteiger partial charge in [-0.15, -0.1) is 0 Å². The fourth-order valence-corrected chi connectivity index (χ4v) is 2.91. The van der Waals surface area contributed by atoms with Crippen LogP contribution in [0.25, 0.3) is 33.7 Å². The van der Waals surface area contributed by atoms with Crippen LogP contribution in [0.2, 0.25) is 0 Å². The average Bonchev–Trinajstić information content (AvgIpc) is 3.23. The molecule has 0 aliphatic heterocycles. The second-order valence-corrected chi connectivity index (χ2v) is 5.85. The lowest BCUT2D eigenvalue weighted by Crippen LogP contribution is -1.99. The molecular formula is C22H15N3O. The number of nitriles is 1. The van der Waals surface area contributed by atoms with Crippen LogP contribution in [0.15, 0.2) is 83.5 Å². The number of nitrogens with two attached hydrogens (primary N) is 1. The molecule has 26 heavy (non-hydrogen) atoms. The molecule has 2 N–H and O–H groups in total. The van der Waals surface area contributed by atoms with Crippen molar-refractivity contribution >= 4 is 5.82 Å². The molecule has 124 valence electrons. The Morgan fingerprint density at radius 2 is 1.54 bits per heavy atom. The Labute approximate surface area is 151 Å². The number of nitrogen functional groups attached to an aromatic ring is 1. The number of pyridine rings is 1. The van der Waals surface area contributed by atoms with Crippen LogP contribution < -0.4 is 5.73 Å². The molecule has 2 aromatic heterocycles. The van der Waals surface area contributed by atoms with Gasteiger partial charge in [-0.1, -0.05) is 54.6 Å². The standard InChI is InChI=1S/C22H15N3O/c23-14-18-13-19(21(25-22(18)24)20-7-4-12-26-20)17-10-8-16(9-11-17)15-5-2-1-3-6-15/h1-13H,(H2,24,25). The highest BCUT2D eigenvalue weighted by atomic mass is 16.3. The first-order valence-electron chi connectivity index (χ1n) is 8.16. The van der Waals surface area contributed by atoms with Gasteiger partial charge < -0.3 is 10.2 Å². The van der Waals surface area contributed by atoms with Gasteiger partial charge in [0.1, 0.15) is 17.6 Å². The Kier molecular flexibility index (Phi) is 3.97. The van der Waals surface area contributed by atoms with E-state index >= 15 is 0 Å². The van der Waals surface area contributed by atoms with E-state index in [1.807, 2.05) is 36.4 Å². The molecule has 4 rings (SSSR count). The third-order valence-corrected chi connectivity index (χ3v) is 4.23. The second-order valence-electron chi connectivity index (χ2n) is 5.85. The molecule has 4 nitrogen and oxygen atoms in total. The Morgan fingerprint density at radius 1 is 0.846 bits per heavy atom. The van der Waals surface area contributed by atoms with Crippen molar-refractivity contribution < 1.29 is 4.42 Å². The molecule has 0 spiro atoms. The molecular weight excluding hydrogens is 322 g/mol. The molecule has 0 bridgehead atoms. The number of furan rings is 1. The van der Waals surface area contributed by atoms with Crippen LogP contribution in [0.4, 0.5) is 5.82 Å². The molecule has 0 radical (unpaired) electrons. The maximum absolute atomic E-state index is 9.31. The van der Waals surface area contributed by atoms with Crippen molar-refractivity contribution in [1.82, 2.24) is 4.98 Å². The third-order valence-electron chi connectivity index (χ3n) is 4.23. The number of nitrogens with zero attached hydrogens (tertiary/aromatic N) is 2. The zero-order chi connectivity index (χ0) is 17.9. The van der Waals surface area contributed by atoms with Gasteiger partial charge in [-0.3, -0.25) is 0 Å². The van der Waals surface area contributed by atoms with E-state index in [4.69, 9.17) is 10.2 Å². The summed E-state index contributed by atoms with van der Waals surface area (Å²) in [5, 5.41) is 9.31. The normalized spacial score (nSPS) is 10.4. The van der Waals surface area contributed by atoms with Crippen LogP contribution in [0.1, 0.15) is 5.56 Å².